The molecular weight excluding hydrogens is 116 g/mol. The van der Waals surface area contributed by atoms with Gasteiger partial charge in [0.25, 0.3) is 0 Å². The van der Waals surface area contributed by atoms with Crippen LogP contribution in [0, 0.1) is 11.3 Å². The van der Waals surface area contributed by atoms with E-state index in [0.717, 1.165) is 0 Å². The Bertz CT molecular complexity index is 188. The zero-order valence-electron chi connectivity index (χ0n) is 3.33. The average Bonchev–Trinajstić information content (AvgIpc) is 1.61. The number of hydrogen-bond donors (Lipinski definition) is 0. The predicted molar refractivity (Wildman–Crippen MR) is 21.8 cm³/mol. The molecule has 0 saturated carbocycles. The minimum atomic E-state index is -2.41. The van der Waals surface area contributed by atoms with Gasteiger partial charge >= 0.3 is 10.5 Å². The van der Waals surface area contributed by atoms with Crippen molar-refractivity contribution in [3.8, 4) is 6.07 Å². The summed E-state index contributed by atoms with van der Waals surface area (Å²) in [5.74, 6) is 0. The second-order valence-electron chi connectivity index (χ2n) is 0.662. The van der Waals surface area contributed by atoms with Crippen LogP contribution in [0.15, 0.2) is 4.36 Å². The molecule has 0 heterocycles. The van der Waals surface area contributed by atoms with E-state index in [1.165, 1.54) is 6.07 Å². The Morgan fingerprint density at radius 1 is 1.71 bits per heavy atom. The summed E-state index contributed by atoms with van der Waals surface area (Å²) in [6.45, 7) is -0.282. The van der Waals surface area contributed by atoms with Crippen LogP contribution in [0.4, 0.5) is 0 Å². The minimum Gasteiger partial charge on any atom is -0.196 e. The van der Waals surface area contributed by atoms with Crippen molar-refractivity contribution in [2.45, 2.75) is 0 Å². The van der Waals surface area contributed by atoms with Gasteiger partial charge in [0.15, 0.2) is 0 Å². The molecule has 7 heavy (non-hydrogen) atoms. The van der Waals surface area contributed by atoms with E-state index >= 15 is 0 Å². The lowest BCUT2D eigenvalue weighted by molar-refractivity contribution is 0.621. The first-order valence-corrected chi connectivity index (χ1v) is 2.44. The molecule has 0 amide bonds. The molecule has 0 aromatic rings. The molecule has 0 rings (SSSR count). The van der Waals surface area contributed by atoms with Gasteiger partial charge in [-0.3, -0.25) is 0 Å². The van der Waals surface area contributed by atoms with E-state index in [1.807, 2.05) is 0 Å². The molecule has 0 aromatic heterocycles. The maximum absolute atomic E-state index is 9.44. The van der Waals surface area contributed by atoms with Crippen LogP contribution in [0.1, 0.15) is 0 Å². The van der Waals surface area contributed by atoms with E-state index in [-0.39, 0.29) is 6.54 Å². The molecular formula is C2H2N2O2S. The molecule has 0 atom stereocenters. The topological polar surface area (TPSA) is 70.3 Å². The molecule has 0 bridgehead atoms. The van der Waals surface area contributed by atoms with Gasteiger partial charge in [-0.1, -0.05) is 0 Å². The van der Waals surface area contributed by atoms with Crippen LogP contribution in [0.3, 0.4) is 0 Å². The second kappa shape index (κ2) is 3.31. The van der Waals surface area contributed by atoms with Crippen LogP contribution in [-0.4, -0.2) is 15.0 Å². The third-order valence-corrected chi connectivity index (χ3v) is 0.581. The maximum atomic E-state index is 9.44. The Kier molecular flexibility index (Phi) is 2.89. The van der Waals surface area contributed by atoms with E-state index in [9.17, 15) is 8.42 Å². The second-order valence-corrected chi connectivity index (χ2v) is 1.35. The van der Waals surface area contributed by atoms with Crippen molar-refractivity contribution in [1.82, 2.24) is 0 Å². The Hall–Kier alpha value is -0.890. The fraction of sp³-hybridized carbons (Fsp3) is 0.500. The van der Waals surface area contributed by atoms with Gasteiger partial charge in [-0.15, -0.1) is 0 Å². The highest BCUT2D eigenvalue weighted by Gasteiger charge is 1.68. The largest absolute Gasteiger partial charge is 0.312 e. The normalized spacial score (nSPS) is 6.71. The van der Waals surface area contributed by atoms with E-state index in [4.69, 9.17) is 5.26 Å². The standard InChI is InChI=1S/C2H2N2O2S/c3-1-2-4-7(5)6/h2H2. The third kappa shape index (κ3) is 5.11. The SMILES string of the molecule is N#CCN=S(=O)=O. The molecule has 4 nitrogen and oxygen atoms in total. The van der Waals surface area contributed by atoms with Crippen molar-refractivity contribution in [2.24, 2.45) is 4.36 Å². The number of nitrogens with zero attached hydrogens (tertiary/aromatic N) is 2. The summed E-state index contributed by atoms with van der Waals surface area (Å²) < 4.78 is 21.7. The van der Waals surface area contributed by atoms with E-state index in [0.29, 0.717) is 0 Å². The van der Waals surface area contributed by atoms with Gasteiger partial charge < -0.3 is 0 Å². The van der Waals surface area contributed by atoms with Gasteiger partial charge in [-0.05, 0) is 0 Å². The number of hydrogen-bond acceptors (Lipinski definition) is 4. The van der Waals surface area contributed by atoms with Crippen molar-refractivity contribution in [2.75, 3.05) is 6.54 Å². The molecule has 0 N–H and O–H groups in total. The van der Waals surface area contributed by atoms with Crippen molar-refractivity contribution in [1.29, 1.82) is 5.26 Å². The summed E-state index contributed by atoms with van der Waals surface area (Å²) in [5.41, 5.74) is 0. The fourth-order valence-electron chi connectivity index (χ4n) is 0.0816. The molecule has 0 aliphatic heterocycles. The molecule has 0 fully saturated rings. The van der Waals surface area contributed by atoms with Gasteiger partial charge in [0.05, 0.1) is 6.07 Å². The Labute approximate surface area is 42.1 Å². The first-order chi connectivity index (χ1) is 3.27. The summed E-state index contributed by atoms with van der Waals surface area (Å²) >= 11 is 0. The summed E-state index contributed by atoms with van der Waals surface area (Å²) in [7, 11) is -2.41. The van der Waals surface area contributed by atoms with Crippen LogP contribution in [0.5, 0.6) is 0 Å². The summed E-state index contributed by atoms with van der Waals surface area (Å²) in [5, 5.41) is 7.70. The lowest BCUT2D eigenvalue weighted by atomic mass is 10.8. The first kappa shape index (κ1) is 6.11. The zero-order chi connectivity index (χ0) is 5.70. The molecule has 5 heteroatoms. The third-order valence-electron chi connectivity index (χ3n) is 0.241. The van der Waals surface area contributed by atoms with Gasteiger partial charge in [-0.25, -0.2) is 0 Å². The van der Waals surface area contributed by atoms with Crippen LogP contribution < -0.4 is 0 Å². The van der Waals surface area contributed by atoms with Crippen molar-refractivity contribution < 1.29 is 8.42 Å². The number of rotatable bonds is 1. The van der Waals surface area contributed by atoms with Crippen LogP contribution in [0.25, 0.3) is 0 Å². The quantitative estimate of drug-likeness (QED) is 0.439. The smallest absolute Gasteiger partial charge is 0.196 e. The Balaban J connectivity index is 3.79. The summed E-state index contributed by atoms with van der Waals surface area (Å²) in [4.78, 5) is 0. The number of nitriles is 1. The van der Waals surface area contributed by atoms with Crippen molar-refractivity contribution >= 4 is 10.5 Å². The highest BCUT2D eigenvalue weighted by Crippen LogP contribution is 1.59. The maximum Gasteiger partial charge on any atom is 0.312 e. The molecule has 0 radical (unpaired) electrons. The summed E-state index contributed by atoms with van der Waals surface area (Å²) in [6, 6.07) is 1.54. The van der Waals surface area contributed by atoms with Gasteiger partial charge in [0, 0.05) is 0 Å². The predicted octanol–water partition coefficient (Wildman–Crippen LogP) is -0.427. The lowest BCUT2D eigenvalue weighted by Gasteiger charge is -1.57. The van der Waals surface area contributed by atoms with Crippen LogP contribution in [0.2, 0.25) is 0 Å². The van der Waals surface area contributed by atoms with Crippen molar-refractivity contribution in [3.05, 3.63) is 0 Å². The Morgan fingerprint density at radius 2 is 2.29 bits per heavy atom. The van der Waals surface area contributed by atoms with Gasteiger partial charge in [0.1, 0.15) is 6.54 Å². The molecule has 0 saturated heterocycles. The average molecular weight is 118 g/mol. The van der Waals surface area contributed by atoms with Gasteiger partial charge in [0.2, 0.25) is 0 Å². The minimum absolute atomic E-state index is 0.282. The first-order valence-electron chi connectivity index (χ1n) is 1.41. The lowest BCUT2D eigenvalue weighted by Crippen LogP contribution is -1.66. The van der Waals surface area contributed by atoms with E-state index in [2.05, 4.69) is 4.36 Å². The van der Waals surface area contributed by atoms with E-state index < -0.39 is 10.5 Å². The Morgan fingerprint density at radius 3 is 2.43 bits per heavy atom. The molecule has 0 unspecified atom stereocenters. The van der Waals surface area contributed by atoms with Crippen molar-refractivity contribution in [3.63, 3.8) is 0 Å². The highest BCUT2D eigenvalue weighted by molar-refractivity contribution is 7.61. The summed E-state index contributed by atoms with van der Waals surface area (Å²) in [6.07, 6.45) is 0. The monoisotopic (exact) mass is 118 g/mol. The molecule has 0 aromatic carbocycles. The molecule has 0 aliphatic carbocycles. The van der Waals surface area contributed by atoms with E-state index in [1.54, 1.807) is 0 Å². The molecule has 38 valence electrons. The molecule has 0 aliphatic rings. The van der Waals surface area contributed by atoms with Gasteiger partial charge in [-0.2, -0.15) is 18.0 Å². The zero-order valence-corrected chi connectivity index (χ0v) is 4.14. The van der Waals surface area contributed by atoms with Crippen LogP contribution >= 0.6 is 0 Å². The van der Waals surface area contributed by atoms with Crippen LogP contribution in [-0.2, 0) is 10.5 Å². The highest BCUT2D eigenvalue weighted by atomic mass is 32.2. The molecule has 0 spiro atoms. The fourth-order valence-corrected chi connectivity index (χ4v) is 0.245.